The van der Waals surface area contributed by atoms with Crippen LogP contribution in [0.5, 0.6) is 11.5 Å². The van der Waals surface area contributed by atoms with E-state index in [0.29, 0.717) is 18.8 Å². The SMILES string of the molecule is COc1cc(/C=C/c2nc3c(c(=O)[nH]2)CCN(Cc2ccccc2)C3)cc(Cl)c1O. The third-order valence-corrected chi connectivity index (χ3v) is 5.41. The fraction of sp³-hybridized carbons (Fsp3) is 0.217. The first-order chi connectivity index (χ1) is 14.5. The van der Waals surface area contributed by atoms with E-state index < -0.39 is 0 Å². The molecule has 1 aliphatic rings. The zero-order valence-electron chi connectivity index (χ0n) is 16.6. The number of hydrogen-bond donors (Lipinski definition) is 2. The van der Waals surface area contributed by atoms with Crippen LogP contribution in [0.1, 0.15) is 28.2 Å². The Labute approximate surface area is 179 Å². The maximum absolute atomic E-state index is 12.5. The Bertz CT molecular complexity index is 1140. The van der Waals surface area contributed by atoms with Crippen molar-refractivity contribution in [2.45, 2.75) is 19.5 Å². The van der Waals surface area contributed by atoms with Gasteiger partial charge in [-0.1, -0.05) is 48.0 Å². The van der Waals surface area contributed by atoms with Crippen molar-refractivity contribution in [3.63, 3.8) is 0 Å². The number of hydrogen-bond acceptors (Lipinski definition) is 5. The number of nitrogens with one attached hydrogen (secondary N) is 1. The highest BCUT2D eigenvalue weighted by Gasteiger charge is 2.20. The Morgan fingerprint density at radius 1 is 1.27 bits per heavy atom. The van der Waals surface area contributed by atoms with Crippen LogP contribution in [0.3, 0.4) is 0 Å². The van der Waals surface area contributed by atoms with Crippen molar-refractivity contribution < 1.29 is 9.84 Å². The number of phenolic OH excluding ortho intramolecular Hbond substituents is 1. The zero-order chi connectivity index (χ0) is 21.1. The minimum absolute atomic E-state index is 0.0969. The van der Waals surface area contributed by atoms with Gasteiger partial charge >= 0.3 is 0 Å². The lowest BCUT2D eigenvalue weighted by Crippen LogP contribution is -2.35. The maximum atomic E-state index is 12.5. The fourth-order valence-electron chi connectivity index (χ4n) is 3.59. The van der Waals surface area contributed by atoms with E-state index in [0.717, 1.165) is 29.9 Å². The third-order valence-electron chi connectivity index (χ3n) is 5.12. The molecule has 1 aliphatic heterocycles. The van der Waals surface area contributed by atoms with Crippen molar-refractivity contribution in [3.05, 3.63) is 86.0 Å². The Morgan fingerprint density at radius 3 is 2.83 bits per heavy atom. The number of H-pyrrole nitrogens is 1. The number of aromatic nitrogens is 2. The summed E-state index contributed by atoms with van der Waals surface area (Å²) in [5.74, 6) is 0.657. The highest BCUT2D eigenvalue weighted by atomic mass is 35.5. The molecule has 0 amide bonds. The fourth-order valence-corrected chi connectivity index (χ4v) is 3.81. The smallest absolute Gasteiger partial charge is 0.254 e. The van der Waals surface area contributed by atoms with Crippen molar-refractivity contribution in [1.29, 1.82) is 0 Å². The van der Waals surface area contributed by atoms with E-state index in [-0.39, 0.29) is 22.1 Å². The normalized spacial score (nSPS) is 14.1. The Kier molecular flexibility index (Phi) is 5.88. The second-order valence-corrected chi connectivity index (χ2v) is 7.62. The molecule has 0 bridgehead atoms. The van der Waals surface area contributed by atoms with Crippen LogP contribution in [-0.2, 0) is 19.5 Å². The molecule has 0 radical (unpaired) electrons. The van der Waals surface area contributed by atoms with Crippen LogP contribution < -0.4 is 10.3 Å². The van der Waals surface area contributed by atoms with Gasteiger partial charge in [0.15, 0.2) is 11.5 Å². The first kappa shape index (κ1) is 20.2. The van der Waals surface area contributed by atoms with Crippen molar-refractivity contribution in [1.82, 2.24) is 14.9 Å². The molecule has 30 heavy (non-hydrogen) atoms. The van der Waals surface area contributed by atoms with Crippen LogP contribution in [0.2, 0.25) is 5.02 Å². The molecule has 2 heterocycles. The summed E-state index contributed by atoms with van der Waals surface area (Å²) in [4.78, 5) is 22.3. The number of ether oxygens (including phenoxy) is 1. The van der Waals surface area contributed by atoms with Crippen molar-refractivity contribution in [3.8, 4) is 11.5 Å². The average molecular weight is 424 g/mol. The molecule has 2 aromatic carbocycles. The molecule has 0 aliphatic carbocycles. The number of aromatic amines is 1. The van der Waals surface area contributed by atoms with Crippen molar-refractivity contribution in [2.24, 2.45) is 0 Å². The second-order valence-electron chi connectivity index (χ2n) is 7.21. The van der Waals surface area contributed by atoms with E-state index in [2.05, 4.69) is 27.0 Å². The Balaban J connectivity index is 1.56. The minimum atomic E-state index is -0.102. The van der Waals surface area contributed by atoms with E-state index in [1.807, 2.05) is 18.2 Å². The standard InChI is InChI=1S/C23H22ClN3O3/c1-30-20-12-16(11-18(24)22(20)28)7-8-21-25-19-14-27(10-9-17(19)23(29)26-21)13-15-5-3-2-4-6-15/h2-8,11-12,28H,9-10,13-14H2,1H3,(H,25,26,29)/b8-7+. The number of methoxy groups -OCH3 is 1. The van der Waals surface area contributed by atoms with E-state index in [4.69, 9.17) is 16.3 Å². The molecule has 0 unspecified atom stereocenters. The minimum Gasteiger partial charge on any atom is -0.503 e. The van der Waals surface area contributed by atoms with E-state index in [1.165, 1.54) is 12.7 Å². The maximum Gasteiger partial charge on any atom is 0.254 e. The van der Waals surface area contributed by atoms with E-state index in [1.54, 1.807) is 24.3 Å². The molecule has 3 aromatic rings. The molecular formula is C23H22ClN3O3. The average Bonchev–Trinajstić information content (AvgIpc) is 2.75. The van der Waals surface area contributed by atoms with Gasteiger partial charge in [-0.05, 0) is 35.8 Å². The van der Waals surface area contributed by atoms with Crippen LogP contribution in [0.15, 0.2) is 47.3 Å². The number of halogens is 1. The number of fused-ring (bicyclic) bond motifs is 1. The Hall–Kier alpha value is -3.09. The van der Waals surface area contributed by atoms with Crippen LogP contribution in [-0.4, -0.2) is 33.6 Å². The zero-order valence-corrected chi connectivity index (χ0v) is 17.3. The molecule has 0 fully saturated rings. The summed E-state index contributed by atoms with van der Waals surface area (Å²) in [6.45, 7) is 2.28. The molecule has 0 atom stereocenters. The van der Waals surface area contributed by atoms with E-state index in [9.17, 15) is 9.90 Å². The molecule has 154 valence electrons. The molecule has 1 aromatic heterocycles. The third kappa shape index (κ3) is 4.40. The van der Waals surface area contributed by atoms with Gasteiger partial charge in [0.05, 0.1) is 17.8 Å². The highest BCUT2D eigenvalue weighted by molar-refractivity contribution is 6.32. The highest BCUT2D eigenvalue weighted by Crippen LogP contribution is 2.35. The predicted molar refractivity (Wildman–Crippen MR) is 118 cm³/mol. The van der Waals surface area contributed by atoms with E-state index >= 15 is 0 Å². The predicted octanol–water partition coefficient (Wildman–Crippen LogP) is 3.87. The summed E-state index contributed by atoms with van der Waals surface area (Å²) >= 11 is 6.04. The van der Waals surface area contributed by atoms with Gasteiger partial charge in [-0.2, -0.15) is 0 Å². The number of benzene rings is 2. The van der Waals surface area contributed by atoms with Gasteiger partial charge in [0, 0.05) is 25.2 Å². The van der Waals surface area contributed by atoms with Gasteiger partial charge in [0.1, 0.15) is 5.82 Å². The quantitative estimate of drug-likeness (QED) is 0.651. The summed E-state index contributed by atoms with van der Waals surface area (Å²) in [6.07, 6.45) is 4.17. The number of rotatable bonds is 5. The summed E-state index contributed by atoms with van der Waals surface area (Å²) in [5, 5.41) is 10.1. The monoisotopic (exact) mass is 423 g/mol. The molecule has 0 saturated carbocycles. The number of aromatic hydroxyl groups is 1. The lowest BCUT2D eigenvalue weighted by atomic mass is 10.1. The molecule has 7 heteroatoms. The molecule has 4 rings (SSSR count). The molecule has 6 nitrogen and oxygen atoms in total. The topological polar surface area (TPSA) is 78.5 Å². The van der Waals surface area contributed by atoms with Gasteiger partial charge in [-0.3, -0.25) is 9.69 Å². The molecule has 0 saturated heterocycles. The summed E-state index contributed by atoms with van der Waals surface area (Å²) in [6, 6.07) is 13.6. The molecule has 2 N–H and O–H groups in total. The first-order valence-electron chi connectivity index (χ1n) is 9.66. The van der Waals surface area contributed by atoms with Crippen molar-refractivity contribution >= 4 is 23.8 Å². The van der Waals surface area contributed by atoms with Gasteiger partial charge < -0.3 is 14.8 Å². The van der Waals surface area contributed by atoms with Gasteiger partial charge in [0.25, 0.3) is 5.56 Å². The number of nitrogens with zero attached hydrogens (tertiary/aromatic N) is 2. The lowest BCUT2D eigenvalue weighted by Gasteiger charge is -2.27. The summed E-state index contributed by atoms with van der Waals surface area (Å²) < 4.78 is 5.13. The first-order valence-corrected chi connectivity index (χ1v) is 10.0. The van der Waals surface area contributed by atoms with Gasteiger partial charge in [0.2, 0.25) is 0 Å². The van der Waals surface area contributed by atoms with Crippen LogP contribution in [0.25, 0.3) is 12.2 Å². The van der Waals surface area contributed by atoms with Crippen LogP contribution >= 0.6 is 11.6 Å². The van der Waals surface area contributed by atoms with Crippen LogP contribution in [0, 0.1) is 0 Å². The van der Waals surface area contributed by atoms with Crippen molar-refractivity contribution in [2.75, 3.05) is 13.7 Å². The summed E-state index contributed by atoms with van der Waals surface area (Å²) in [5.41, 5.74) is 3.43. The lowest BCUT2D eigenvalue weighted by molar-refractivity contribution is 0.240. The second kappa shape index (κ2) is 8.73. The Morgan fingerprint density at radius 2 is 2.07 bits per heavy atom. The van der Waals surface area contributed by atoms with Gasteiger partial charge in [-0.15, -0.1) is 0 Å². The molecule has 0 spiro atoms. The van der Waals surface area contributed by atoms with Crippen LogP contribution in [0.4, 0.5) is 0 Å². The summed E-state index contributed by atoms with van der Waals surface area (Å²) in [7, 11) is 1.46. The number of phenols is 1. The molecular weight excluding hydrogens is 402 g/mol. The largest absolute Gasteiger partial charge is 0.503 e. The van der Waals surface area contributed by atoms with Gasteiger partial charge in [-0.25, -0.2) is 4.98 Å².